The smallest absolute Gasteiger partial charge is 0.218 e. The van der Waals surface area contributed by atoms with Crippen LogP contribution in [0, 0.1) is 18.3 Å². The highest BCUT2D eigenvalue weighted by Crippen LogP contribution is 2.25. The number of nitrogens with zero attached hydrogens (tertiary/aromatic N) is 1. The first kappa shape index (κ1) is 20.2. The number of rotatable bonds is 4. The van der Waals surface area contributed by atoms with E-state index in [0.29, 0.717) is 15.7 Å². The van der Waals surface area contributed by atoms with Gasteiger partial charge >= 0.3 is 0 Å². The first-order valence-corrected chi connectivity index (χ1v) is 9.83. The number of hydrogen-bond donors (Lipinski definition) is 2. The van der Waals surface area contributed by atoms with Crippen LogP contribution < -0.4 is 10.6 Å². The maximum Gasteiger partial charge on any atom is 0.218 e. The van der Waals surface area contributed by atoms with Crippen LogP contribution in [0.1, 0.15) is 5.56 Å². The Morgan fingerprint density at radius 3 is 2.46 bits per heavy atom. The fourth-order valence-electron chi connectivity index (χ4n) is 1.90. The molecule has 0 spiro atoms. The van der Waals surface area contributed by atoms with E-state index in [1.54, 1.807) is 36.4 Å². The Hall–Kier alpha value is -2.11. The second-order valence-electron chi connectivity index (χ2n) is 5.16. The van der Waals surface area contributed by atoms with Gasteiger partial charge in [0, 0.05) is 11.2 Å². The predicted molar refractivity (Wildman–Crippen MR) is 108 cm³/mol. The van der Waals surface area contributed by atoms with E-state index in [9.17, 15) is 13.7 Å². The van der Waals surface area contributed by atoms with E-state index in [1.165, 1.54) is 12.1 Å². The molecular formula is C17H13Cl2N3O2S2. The highest BCUT2D eigenvalue weighted by Gasteiger charge is 2.20. The lowest BCUT2D eigenvalue weighted by Gasteiger charge is -2.10. The van der Waals surface area contributed by atoms with E-state index in [0.717, 1.165) is 11.8 Å². The Morgan fingerprint density at radius 1 is 1.19 bits per heavy atom. The van der Waals surface area contributed by atoms with Crippen molar-refractivity contribution < 1.29 is 8.42 Å². The summed E-state index contributed by atoms with van der Waals surface area (Å²) in [6, 6.07) is 12.6. The van der Waals surface area contributed by atoms with Gasteiger partial charge in [0.1, 0.15) is 6.07 Å². The average molecular weight is 426 g/mol. The van der Waals surface area contributed by atoms with E-state index in [1.807, 2.05) is 6.92 Å². The van der Waals surface area contributed by atoms with Gasteiger partial charge < -0.3 is 10.6 Å². The van der Waals surface area contributed by atoms with Crippen LogP contribution in [0.2, 0.25) is 10.0 Å². The van der Waals surface area contributed by atoms with Crippen molar-refractivity contribution in [3.8, 4) is 6.07 Å². The zero-order chi connectivity index (χ0) is 19.3. The monoisotopic (exact) mass is 425 g/mol. The molecule has 134 valence electrons. The minimum Gasteiger partial charge on any atom is -0.337 e. The highest BCUT2D eigenvalue weighted by atomic mass is 35.5. The summed E-state index contributed by atoms with van der Waals surface area (Å²) < 4.78 is 25.0. The van der Waals surface area contributed by atoms with Gasteiger partial charge in [0.2, 0.25) is 9.84 Å². The van der Waals surface area contributed by atoms with Crippen LogP contribution in [0.3, 0.4) is 0 Å². The molecule has 0 saturated heterocycles. The van der Waals surface area contributed by atoms with Crippen molar-refractivity contribution in [3.05, 3.63) is 69.2 Å². The fraction of sp³-hybridized carbons (Fsp3) is 0.0588. The van der Waals surface area contributed by atoms with Crippen molar-refractivity contribution in [3.63, 3.8) is 0 Å². The number of sulfone groups is 1. The number of hydrogen-bond acceptors (Lipinski definition) is 4. The third-order valence-electron chi connectivity index (χ3n) is 3.24. The summed E-state index contributed by atoms with van der Waals surface area (Å²) in [4.78, 5) is -0.447. The summed E-state index contributed by atoms with van der Waals surface area (Å²) in [7, 11) is -3.95. The Morgan fingerprint density at radius 2 is 1.85 bits per heavy atom. The van der Waals surface area contributed by atoms with Gasteiger partial charge in [0.25, 0.3) is 0 Å². The molecule has 0 atom stereocenters. The summed E-state index contributed by atoms with van der Waals surface area (Å²) in [5, 5.41) is 15.5. The molecule has 0 aliphatic heterocycles. The zero-order valence-electron chi connectivity index (χ0n) is 13.5. The highest BCUT2D eigenvalue weighted by molar-refractivity contribution is 7.95. The molecule has 2 rings (SSSR count). The normalized spacial score (nSPS) is 11.5. The molecule has 0 radical (unpaired) electrons. The number of allylic oxidation sites excluding steroid dienone is 1. The Labute approximate surface area is 167 Å². The predicted octanol–water partition coefficient (Wildman–Crippen LogP) is 4.43. The molecule has 0 bridgehead atoms. The molecule has 2 aromatic rings. The minimum absolute atomic E-state index is 0.0227. The lowest BCUT2D eigenvalue weighted by atomic mass is 10.2. The second kappa shape index (κ2) is 8.52. The van der Waals surface area contributed by atoms with Crippen molar-refractivity contribution in [1.29, 1.82) is 5.26 Å². The topological polar surface area (TPSA) is 82.0 Å². The van der Waals surface area contributed by atoms with Crippen LogP contribution in [0.5, 0.6) is 0 Å². The van der Waals surface area contributed by atoms with Gasteiger partial charge in [-0.3, -0.25) is 0 Å². The van der Waals surface area contributed by atoms with Crippen LogP contribution in [0.4, 0.5) is 5.69 Å². The molecule has 0 heterocycles. The van der Waals surface area contributed by atoms with Gasteiger partial charge in [-0.15, -0.1) is 0 Å². The van der Waals surface area contributed by atoms with Gasteiger partial charge in [0.05, 0.1) is 15.6 Å². The number of halogens is 2. The third kappa shape index (κ3) is 4.96. The second-order valence-corrected chi connectivity index (χ2v) is 8.33. The number of anilines is 1. The molecule has 0 unspecified atom stereocenters. The van der Waals surface area contributed by atoms with E-state index in [-0.39, 0.29) is 10.0 Å². The maximum absolute atomic E-state index is 12.5. The molecule has 0 aromatic heterocycles. The van der Waals surface area contributed by atoms with Crippen LogP contribution in [-0.2, 0) is 9.84 Å². The van der Waals surface area contributed by atoms with E-state index >= 15 is 0 Å². The molecule has 0 fully saturated rings. The largest absolute Gasteiger partial charge is 0.337 e. The molecule has 0 amide bonds. The quantitative estimate of drug-likeness (QED) is 0.556. The van der Waals surface area contributed by atoms with Crippen LogP contribution in [0.15, 0.2) is 58.5 Å². The Balaban J connectivity index is 2.18. The minimum atomic E-state index is -3.95. The number of aryl methyl sites for hydroxylation is 1. The van der Waals surface area contributed by atoms with Crippen molar-refractivity contribution >= 4 is 56.1 Å². The SMILES string of the molecule is Cc1ccc(S(=O)(=O)/C(C#N)=C\NC(=S)Nc2cc(Cl)ccc2Cl)cc1. The lowest BCUT2D eigenvalue weighted by molar-refractivity contribution is 0.603. The number of thiocarbonyl (C=S) groups is 1. The molecule has 5 nitrogen and oxygen atoms in total. The molecule has 2 aromatic carbocycles. The van der Waals surface area contributed by atoms with Crippen LogP contribution in [0.25, 0.3) is 0 Å². The molecule has 0 saturated carbocycles. The first-order valence-electron chi connectivity index (χ1n) is 7.18. The van der Waals surface area contributed by atoms with E-state index in [2.05, 4.69) is 10.6 Å². The standard InChI is InChI=1S/C17H13Cl2N3O2S2/c1-11-2-5-13(6-3-11)26(23,24)14(9-20)10-21-17(25)22-16-8-12(18)4-7-15(16)19/h2-8,10H,1H3,(H2,21,22,25)/b14-10-. The Kier molecular flexibility index (Phi) is 6.62. The van der Waals surface area contributed by atoms with Crippen molar-refractivity contribution in [2.75, 3.05) is 5.32 Å². The average Bonchev–Trinajstić information content (AvgIpc) is 2.59. The molecule has 2 N–H and O–H groups in total. The number of benzene rings is 2. The number of nitrogens with one attached hydrogen (secondary N) is 2. The summed E-state index contributed by atoms with van der Waals surface area (Å²) in [6.45, 7) is 1.84. The van der Waals surface area contributed by atoms with Crippen molar-refractivity contribution in [2.45, 2.75) is 11.8 Å². The maximum atomic E-state index is 12.5. The van der Waals surface area contributed by atoms with Crippen molar-refractivity contribution in [1.82, 2.24) is 5.32 Å². The van der Waals surface area contributed by atoms with Gasteiger partial charge in [-0.2, -0.15) is 5.26 Å². The number of nitriles is 1. The first-order chi connectivity index (χ1) is 12.2. The molecule has 0 aliphatic rings. The Bertz CT molecular complexity index is 1010. The molecule has 9 heteroatoms. The molecule has 0 aliphatic carbocycles. The summed E-state index contributed by atoms with van der Waals surface area (Å²) >= 11 is 17.0. The molecule has 26 heavy (non-hydrogen) atoms. The molecular weight excluding hydrogens is 413 g/mol. The van der Waals surface area contributed by atoms with Crippen LogP contribution >= 0.6 is 35.4 Å². The van der Waals surface area contributed by atoms with Gasteiger partial charge in [0.15, 0.2) is 10.0 Å². The van der Waals surface area contributed by atoms with E-state index in [4.69, 9.17) is 35.4 Å². The summed E-state index contributed by atoms with van der Waals surface area (Å²) in [5.74, 6) is 0. The van der Waals surface area contributed by atoms with Gasteiger partial charge in [-0.1, -0.05) is 40.9 Å². The van der Waals surface area contributed by atoms with Gasteiger partial charge in [-0.05, 0) is 49.5 Å². The third-order valence-corrected chi connectivity index (χ3v) is 5.71. The summed E-state index contributed by atoms with van der Waals surface area (Å²) in [6.07, 6.45) is 1.03. The lowest BCUT2D eigenvalue weighted by Crippen LogP contribution is -2.25. The summed E-state index contributed by atoms with van der Waals surface area (Å²) in [5.41, 5.74) is 1.36. The van der Waals surface area contributed by atoms with Crippen LogP contribution in [-0.4, -0.2) is 13.5 Å². The van der Waals surface area contributed by atoms with Crippen molar-refractivity contribution in [2.24, 2.45) is 0 Å². The fourth-order valence-corrected chi connectivity index (χ4v) is 3.49. The van der Waals surface area contributed by atoms with Gasteiger partial charge in [-0.25, -0.2) is 8.42 Å². The zero-order valence-corrected chi connectivity index (χ0v) is 16.6. The van der Waals surface area contributed by atoms with E-state index < -0.39 is 14.7 Å².